The molecule has 0 N–H and O–H groups in total. The van der Waals surface area contributed by atoms with Gasteiger partial charge in [-0.2, -0.15) is 0 Å². The summed E-state index contributed by atoms with van der Waals surface area (Å²) in [6, 6.07) is 0. The normalized spacial score (nSPS) is 8.29. The molecule has 0 unspecified atom stereocenters. The van der Waals surface area contributed by atoms with Crippen LogP contribution in [0.15, 0.2) is 0 Å². The molecule has 7 heteroatoms. The SMILES string of the molecule is O=S(=O)([O-])[O-].[Na].[Na]. The van der Waals surface area contributed by atoms with Crippen molar-refractivity contribution in [2.24, 2.45) is 0 Å². The monoisotopic (exact) mass is 142 g/mol. The van der Waals surface area contributed by atoms with Crippen LogP contribution in [-0.2, 0) is 10.4 Å². The summed E-state index contributed by atoms with van der Waals surface area (Å²) in [5.74, 6) is 0. The minimum atomic E-state index is -5.17. The van der Waals surface area contributed by atoms with E-state index >= 15 is 0 Å². The fourth-order valence-electron chi connectivity index (χ4n) is 0. The molecule has 4 nitrogen and oxygen atoms in total. The molecule has 0 aliphatic heterocycles. The van der Waals surface area contributed by atoms with Gasteiger partial charge in [-0.1, -0.05) is 0 Å². The van der Waals surface area contributed by atoms with E-state index in [4.69, 9.17) is 17.5 Å². The van der Waals surface area contributed by atoms with Crippen molar-refractivity contribution >= 4 is 69.5 Å². The van der Waals surface area contributed by atoms with E-state index in [9.17, 15) is 0 Å². The van der Waals surface area contributed by atoms with Crippen molar-refractivity contribution in [1.82, 2.24) is 0 Å². The van der Waals surface area contributed by atoms with Crippen molar-refractivity contribution in [2.45, 2.75) is 0 Å². The van der Waals surface area contributed by atoms with Crippen LogP contribution in [0, 0.1) is 0 Å². The van der Waals surface area contributed by atoms with Crippen LogP contribution in [0.3, 0.4) is 0 Å². The van der Waals surface area contributed by atoms with E-state index < -0.39 is 10.4 Å². The van der Waals surface area contributed by atoms with Crippen LogP contribution >= 0.6 is 0 Å². The van der Waals surface area contributed by atoms with Crippen LogP contribution in [0.5, 0.6) is 0 Å². The van der Waals surface area contributed by atoms with E-state index in [-0.39, 0.29) is 59.1 Å². The summed E-state index contributed by atoms with van der Waals surface area (Å²) >= 11 is 0. The van der Waals surface area contributed by atoms with Gasteiger partial charge in [0.2, 0.25) is 0 Å². The van der Waals surface area contributed by atoms with Crippen molar-refractivity contribution in [3.05, 3.63) is 0 Å². The third-order valence-corrected chi connectivity index (χ3v) is 0. The van der Waals surface area contributed by atoms with E-state index in [2.05, 4.69) is 0 Å². The zero-order valence-corrected chi connectivity index (χ0v) is 8.86. The van der Waals surface area contributed by atoms with Crippen LogP contribution < -0.4 is 0 Å². The number of rotatable bonds is 0. The van der Waals surface area contributed by atoms with Crippen molar-refractivity contribution in [3.8, 4) is 0 Å². The number of hydrogen-bond acceptors (Lipinski definition) is 4. The zero-order valence-electron chi connectivity index (χ0n) is 4.04. The Morgan fingerprint density at radius 1 is 1.00 bits per heavy atom. The van der Waals surface area contributed by atoms with Crippen molar-refractivity contribution in [1.29, 1.82) is 0 Å². The Hall–Kier alpha value is 1.87. The second kappa shape index (κ2) is 6.00. The molecule has 0 aromatic heterocycles. The van der Waals surface area contributed by atoms with Gasteiger partial charge in [0.1, 0.15) is 0 Å². The quantitative estimate of drug-likeness (QED) is 0.220. The van der Waals surface area contributed by atoms with Gasteiger partial charge in [-0.05, 0) is 0 Å². The molecular formula is Na2O4S-2. The second-order valence-corrected chi connectivity index (χ2v) is 1.22. The molecule has 34 valence electrons. The second-order valence-electron chi connectivity index (χ2n) is 0.408. The van der Waals surface area contributed by atoms with E-state index in [0.717, 1.165) is 0 Å². The van der Waals surface area contributed by atoms with Gasteiger partial charge >= 0.3 is 0 Å². The van der Waals surface area contributed by atoms with Gasteiger partial charge in [0.05, 0.1) is 0 Å². The molecule has 0 spiro atoms. The summed E-state index contributed by atoms with van der Waals surface area (Å²) in [6.45, 7) is 0. The van der Waals surface area contributed by atoms with Crippen molar-refractivity contribution in [2.75, 3.05) is 0 Å². The van der Waals surface area contributed by atoms with E-state index in [1.54, 1.807) is 0 Å². The van der Waals surface area contributed by atoms with E-state index in [1.807, 2.05) is 0 Å². The molecule has 7 heavy (non-hydrogen) atoms. The fraction of sp³-hybridized carbons (Fsp3) is 0. The van der Waals surface area contributed by atoms with Gasteiger partial charge in [-0.25, -0.2) is 0 Å². The first-order valence-corrected chi connectivity index (χ1v) is 2.00. The largest absolute Gasteiger partial charge is 0.759 e. The Kier molecular flexibility index (Phi) is 13.7. The van der Waals surface area contributed by atoms with Crippen molar-refractivity contribution in [3.63, 3.8) is 0 Å². The first kappa shape index (κ1) is 15.9. The molecular weight excluding hydrogens is 142 g/mol. The van der Waals surface area contributed by atoms with Crippen LogP contribution in [0.4, 0.5) is 0 Å². The predicted octanol–water partition coefficient (Wildman–Crippen LogP) is -2.10. The average Bonchev–Trinajstić information content (AvgIpc) is 0.722. The maximum absolute atomic E-state index is 8.52. The maximum Gasteiger partial charge on any atom is 0.0311 e. The Morgan fingerprint density at radius 3 is 1.00 bits per heavy atom. The van der Waals surface area contributed by atoms with Gasteiger partial charge < -0.3 is 9.11 Å². The third kappa shape index (κ3) is 77.5. The Labute approximate surface area is 85.8 Å². The minimum absolute atomic E-state index is 0. The summed E-state index contributed by atoms with van der Waals surface area (Å²) in [5, 5.41) is 0. The molecule has 0 aromatic carbocycles. The summed E-state index contributed by atoms with van der Waals surface area (Å²) in [4.78, 5) is 0. The van der Waals surface area contributed by atoms with Gasteiger partial charge in [0, 0.05) is 69.5 Å². The molecule has 0 saturated heterocycles. The molecule has 2 radical (unpaired) electrons. The first-order chi connectivity index (χ1) is 2.00. The van der Waals surface area contributed by atoms with Gasteiger partial charge in [-0.3, -0.25) is 8.42 Å². The van der Waals surface area contributed by atoms with Gasteiger partial charge in [0.25, 0.3) is 0 Å². The molecule has 0 heterocycles. The molecule has 0 aliphatic rings. The molecule has 0 saturated carbocycles. The Morgan fingerprint density at radius 2 is 1.00 bits per heavy atom. The van der Waals surface area contributed by atoms with Gasteiger partial charge in [-0.15, -0.1) is 0 Å². The summed E-state index contributed by atoms with van der Waals surface area (Å²) in [5.41, 5.74) is 0. The standard InChI is InChI=1S/2Na.H2O4S/c;;1-5(2,3)4/h;;(H2,1,2,3,4)/p-2. The van der Waals surface area contributed by atoms with Crippen LogP contribution in [0.1, 0.15) is 0 Å². The van der Waals surface area contributed by atoms with E-state index in [1.165, 1.54) is 0 Å². The average molecular weight is 142 g/mol. The molecule has 0 aromatic rings. The molecule has 0 amide bonds. The summed E-state index contributed by atoms with van der Waals surface area (Å²) < 4.78 is 34.1. The summed E-state index contributed by atoms with van der Waals surface area (Å²) in [7, 11) is -5.17. The topological polar surface area (TPSA) is 80.3 Å². The Balaban J connectivity index is -0.0000000800. The van der Waals surface area contributed by atoms with Crippen LogP contribution in [-0.4, -0.2) is 76.6 Å². The molecule has 0 aliphatic carbocycles. The smallest absolute Gasteiger partial charge is 0.0311 e. The fourth-order valence-corrected chi connectivity index (χ4v) is 0. The van der Waals surface area contributed by atoms with Crippen molar-refractivity contribution < 1.29 is 17.5 Å². The Bertz CT molecular complexity index is 92.9. The third-order valence-electron chi connectivity index (χ3n) is 0. The summed E-state index contributed by atoms with van der Waals surface area (Å²) in [6.07, 6.45) is 0. The van der Waals surface area contributed by atoms with Gasteiger partial charge in [0.15, 0.2) is 0 Å². The first-order valence-electron chi connectivity index (χ1n) is 0.667. The molecule has 0 atom stereocenters. The zero-order chi connectivity index (χ0) is 4.50. The molecule has 0 bridgehead atoms. The predicted molar refractivity (Wildman–Crippen MR) is 22.0 cm³/mol. The molecule has 0 rings (SSSR count). The number of hydrogen-bond donors (Lipinski definition) is 0. The van der Waals surface area contributed by atoms with Crippen LogP contribution in [0.2, 0.25) is 0 Å². The maximum atomic E-state index is 8.52. The minimum Gasteiger partial charge on any atom is -0.759 e. The van der Waals surface area contributed by atoms with E-state index in [0.29, 0.717) is 0 Å². The van der Waals surface area contributed by atoms with Crippen LogP contribution in [0.25, 0.3) is 0 Å². The molecule has 0 fully saturated rings.